The van der Waals surface area contributed by atoms with Crippen molar-refractivity contribution >= 4 is 22.7 Å². The Labute approximate surface area is 133 Å². The number of aryl methyl sites for hydroxylation is 1. The van der Waals surface area contributed by atoms with Gasteiger partial charge in [-0.3, -0.25) is 4.90 Å². The van der Waals surface area contributed by atoms with Crippen molar-refractivity contribution in [3.05, 3.63) is 38.5 Å². The molecule has 0 bridgehead atoms. The summed E-state index contributed by atoms with van der Waals surface area (Å²) in [6.07, 6.45) is 0.306. The lowest BCUT2D eigenvalue weighted by molar-refractivity contribution is -0.0300. The van der Waals surface area contributed by atoms with Crippen molar-refractivity contribution < 1.29 is 9.84 Å². The maximum absolute atomic E-state index is 10.4. The molecule has 0 radical (unpaired) electrons. The van der Waals surface area contributed by atoms with Crippen molar-refractivity contribution in [3.63, 3.8) is 0 Å². The van der Waals surface area contributed by atoms with Crippen molar-refractivity contribution in [1.82, 2.24) is 9.88 Å². The van der Waals surface area contributed by atoms with Crippen molar-refractivity contribution in [2.75, 3.05) is 19.8 Å². The number of hydrogen-bond acceptors (Lipinski definition) is 6. The molecule has 1 fully saturated rings. The summed E-state index contributed by atoms with van der Waals surface area (Å²) in [7, 11) is 0. The SMILES string of the molecule is Cc1nc(CN2CCOC[C@@H]2C[C@@H](O)c2cccs2)cs1. The summed E-state index contributed by atoms with van der Waals surface area (Å²) in [4.78, 5) is 7.96. The van der Waals surface area contributed by atoms with Crippen LogP contribution in [0.15, 0.2) is 22.9 Å². The van der Waals surface area contributed by atoms with Gasteiger partial charge in [0.05, 0.1) is 30.0 Å². The highest BCUT2D eigenvalue weighted by Crippen LogP contribution is 2.26. The van der Waals surface area contributed by atoms with E-state index in [9.17, 15) is 5.11 Å². The molecule has 21 heavy (non-hydrogen) atoms. The number of ether oxygens (including phenoxy) is 1. The van der Waals surface area contributed by atoms with E-state index in [0.717, 1.165) is 35.3 Å². The van der Waals surface area contributed by atoms with Gasteiger partial charge in [-0.25, -0.2) is 4.98 Å². The van der Waals surface area contributed by atoms with Crippen LogP contribution in [0, 0.1) is 6.92 Å². The van der Waals surface area contributed by atoms with Crippen LogP contribution in [-0.4, -0.2) is 40.8 Å². The van der Waals surface area contributed by atoms with Gasteiger partial charge in [-0.05, 0) is 24.8 Å². The van der Waals surface area contributed by atoms with Crippen LogP contribution >= 0.6 is 22.7 Å². The lowest BCUT2D eigenvalue weighted by atomic mass is 10.1. The molecule has 1 saturated heterocycles. The summed E-state index contributed by atoms with van der Waals surface area (Å²) in [6.45, 7) is 5.22. The minimum atomic E-state index is -0.406. The highest BCUT2D eigenvalue weighted by atomic mass is 32.1. The number of nitrogens with zero attached hydrogens (tertiary/aromatic N) is 2. The van der Waals surface area contributed by atoms with Gasteiger partial charge in [-0.1, -0.05) is 6.07 Å². The van der Waals surface area contributed by atoms with Gasteiger partial charge in [0, 0.05) is 29.4 Å². The number of thiazole rings is 1. The molecule has 0 unspecified atom stereocenters. The van der Waals surface area contributed by atoms with Crippen molar-refractivity contribution in [1.29, 1.82) is 0 Å². The molecule has 3 heterocycles. The molecule has 3 rings (SSSR count). The Morgan fingerprint density at radius 3 is 3.14 bits per heavy atom. The molecule has 6 heteroatoms. The van der Waals surface area contributed by atoms with E-state index in [-0.39, 0.29) is 6.04 Å². The first-order valence-electron chi connectivity index (χ1n) is 7.16. The standard InChI is InChI=1S/C15H20N2O2S2/c1-11-16-12(10-21-11)8-17-4-5-19-9-13(17)7-14(18)15-3-2-6-20-15/h2-3,6,10,13-14,18H,4-5,7-9H2,1H3/t13-,14+/m0/s1. The van der Waals surface area contributed by atoms with Gasteiger partial charge >= 0.3 is 0 Å². The lowest BCUT2D eigenvalue weighted by Crippen LogP contribution is -2.45. The normalized spacial score (nSPS) is 21.5. The molecule has 0 spiro atoms. The van der Waals surface area contributed by atoms with Crippen LogP contribution in [0.5, 0.6) is 0 Å². The maximum atomic E-state index is 10.4. The Balaban J connectivity index is 1.63. The van der Waals surface area contributed by atoms with E-state index in [4.69, 9.17) is 4.74 Å². The smallest absolute Gasteiger partial charge is 0.0897 e. The van der Waals surface area contributed by atoms with Crippen LogP contribution in [0.2, 0.25) is 0 Å². The number of aliphatic hydroxyl groups is 1. The highest BCUT2D eigenvalue weighted by molar-refractivity contribution is 7.10. The second kappa shape index (κ2) is 6.98. The maximum Gasteiger partial charge on any atom is 0.0897 e. The molecular formula is C15H20N2O2S2. The first-order chi connectivity index (χ1) is 10.2. The highest BCUT2D eigenvalue weighted by Gasteiger charge is 2.26. The Morgan fingerprint density at radius 1 is 1.52 bits per heavy atom. The van der Waals surface area contributed by atoms with Crippen LogP contribution in [0.1, 0.15) is 28.1 Å². The summed E-state index contributed by atoms with van der Waals surface area (Å²) in [5.41, 5.74) is 1.12. The number of rotatable bonds is 5. The van der Waals surface area contributed by atoms with Crippen LogP contribution < -0.4 is 0 Å². The van der Waals surface area contributed by atoms with E-state index in [0.29, 0.717) is 13.0 Å². The minimum absolute atomic E-state index is 0.248. The van der Waals surface area contributed by atoms with E-state index in [1.807, 2.05) is 24.4 Å². The van der Waals surface area contributed by atoms with Crippen molar-refractivity contribution in [2.24, 2.45) is 0 Å². The van der Waals surface area contributed by atoms with Crippen LogP contribution in [-0.2, 0) is 11.3 Å². The molecule has 4 nitrogen and oxygen atoms in total. The fourth-order valence-electron chi connectivity index (χ4n) is 2.66. The summed E-state index contributed by atoms with van der Waals surface area (Å²) >= 11 is 3.30. The molecule has 0 amide bonds. The van der Waals surface area contributed by atoms with Crippen molar-refractivity contribution in [3.8, 4) is 0 Å². The van der Waals surface area contributed by atoms with Gasteiger partial charge in [0.1, 0.15) is 0 Å². The largest absolute Gasteiger partial charge is 0.388 e. The molecule has 2 aromatic heterocycles. The summed E-state index contributed by atoms with van der Waals surface area (Å²) in [5.74, 6) is 0. The third-order valence-electron chi connectivity index (χ3n) is 3.75. The Bertz CT molecular complexity index is 556. The Morgan fingerprint density at radius 2 is 2.43 bits per heavy atom. The summed E-state index contributed by atoms with van der Waals surface area (Å²) in [5, 5.41) is 15.6. The van der Waals surface area contributed by atoms with E-state index in [1.165, 1.54) is 0 Å². The molecule has 1 N–H and O–H groups in total. The number of aliphatic hydroxyl groups excluding tert-OH is 1. The molecule has 114 valence electrons. The second-order valence-corrected chi connectivity index (χ2v) is 7.37. The molecule has 2 atom stereocenters. The average molecular weight is 324 g/mol. The number of thiophene rings is 1. The van der Waals surface area contributed by atoms with E-state index in [1.54, 1.807) is 22.7 Å². The topological polar surface area (TPSA) is 45.6 Å². The fourth-order valence-corrected chi connectivity index (χ4v) is 3.99. The van der Waals surface area contributed by atoms with Gasteiger partial charge in [0.15, 0.2) is 0 Å². The van der Waals surface area contributed by atoms with Gasteiger partial charge in [0.2, 0.25) is 0 Å². The van der Waals surface area contributed by atoms with Gasteiger partial charge in [0.25, 0.3) is 0 Å². The summed E-state index contributed by atoms with van der Waals surface area (Å²) in [6, 6.07) is 4.22. The van der Waals surface area contributed by atoms with Gasteiger partial charge in [-0.15, -0.1) is 22.7 Å². The predicted molar refractivity (Wildman–Crippen MR) is 85.8 cm³/mol. The third kappa shape index (κ3) is 3.90. The molecule has 0 aromatic carbocycles. The van der Waals surface area contributed by atoms with Crippen molar-refractivity contribution in [2.45, 2.75) is 32.0 Å². The fraction of sp³-hybridized carbons (Fsp3) is 0.533. The number of morpholine rings is 1. The molecular weight excluding hydrogens is 304 g/mol. The van der Waals surface area contributed by atoms with Gasteiger partial charge < -0.3 is 9.84 Å². The minimum Gasteiger partial charge on any atom is -0.388 e. The zero-order valence-electron chi connectivity index (χ0n) is 12.1. The average Bonchev–Trinajstić information content (AvgIpc) is 3.13. The monoisotopic (exact) mass is 324 g/mol. The molecule has 0 saturated carbocycles. The zero-order valence-corrected chi connectivity index (χ0v) is 13.7. The quantitative estimate of drug-likeness (QED) is 0.918. The van der Waals surface area contributed by atoms with Gasteiger partial charge in [-0.2, -0.15) is 0 Å². The molecule has 1 aliphatic rings. The van der Waals surface area contributed by atoms with E-state index >= 15 is 0 Å². The van der Waals surface area contributed by atoms with E-state index in [2.05, 4.69) is 15.3 Å². The molecule has 1 aliphatic heterocycles. The predicted octanol–water partition coefficient (Wildman–Crippen LogP) is 2.84. The lowest BCUT2D eigenvalue weighted by Gasteiger charge is -2.36. The van der Waals surface area contributed by atoms with Crippen LogP contribution in [0.4, 0.5) is 0 Å². The third-order valence-corrected chi connectivity index (χ3v) is 5.54. The van der Waals surface area contributed by atoms with Crippen LogP contribution in [0.3, 0.4) is 0 Å². The summed E-state index contributed by atoms with van der Waals surface area (Å²) < 4.78 is 5.61. The zero-order chi connectivity index (χ0) is 14.7. The second-order valence-electron chi connectivity index (χ2n) is 5.32. The first-order valence-corrected chi connectivity index (χ1v) is 8.92. The molecule has 2 aromatic rings. The Hall–Kier alpha value is -0.790. The number of hydrogen-bond donors (Lipinski definition) is 1. The first kappa shape index (κ1) is 15.1. The molecule has 0 aliphatic carbocycles. The van der Waals surface area contributed by atoms with Crippen LogP contribution in [0.25, 0.3) is 0 Å². The van der Waals surface area contributed by atoms with E-state index < -0.39 is 6.10 Å². The Kier molecular flexibility index (Phi) is 5.03. The number of aromatic nitrogens is 1.